The molecule has 0 radical (unpaired) electrons. The molecule has 4 heteroatoms. The summed E-state index contributed by atoms with van der Waals surface area (Å²) in [5.41, 5.74) is 7.20. The number of piperazine rings is 1. The Morgan fingerprint density at radius 3 is 2.72 bits per heavy atom. The summed E-state index contributed by atoms with van der Waals surface area (Å²) in [5, 5.41) is 9.11. The highest BCUT2D eigenvalue weighted by Crippen LogP contribution is 2.24. The summed E-state index contributed by atoms with van der Waals surface area (Å²) >= 11 is 0. The average Bonchev–Trinajstić information content (AvgIpc) is 2.41. The Bertz CT molecular complexity index is 357. The lowest BCUT2D eigenvalue weighted by atomic mass is 10.0. The minimum Gasteiger partial charge on any atom is -0.395 e. The first-order chi connectivity index (χ1) is 8.70. The van der Waals surface area contributed by atoms with Gasteiger partial charge in [-0.2, -0.15) is 0 Å². The molecule has 0 saturated carbocycles. The van der Waals surface area contributed by atoms with Gasteiger partial charge in [0.2, 0.25) is 0 Å². The van der Waals surface area contributed by atoms with Gasteiger partial charge in [0.25, 0.3) is 0 Å². The molecular weight excluding hydrogens is 226 g/mol. The zero-order valence-corrected chi connectivity index (χ0v) is 11.0. The predicted octanol–water partition coefficient (Wildman–Crippen LogP) is 0.295. The molecule has 0 bridgehead atoms. The second kappa shape index (κ2) is 6.29. The molecule has 2 rings (SSSR count). The van der Waals surface area contributed by atoms with E-state index in [0.29, 0.717) is 6.04 Å². The predicted molar refractivity (Wildman–Crippen MR) is 73.3 cm³/mol. The van der Waals surface area contributed by atoms with Crippen LogP contribution >= 0.6 is 0 Å². The van der Waals surface area contributed by atoms with Crippen LogP contribution in [0.15, 0.2) is 30.3 Å². The number of aliphatic hydroxyl groups excluding tert-OH is 1. The molecule has 1 aliphatic heterocycles. The zero-order chi connectivity index (χ0) is 13.0. The maximum Gasteiger partial charge on any atom is 0.0595 e. The van der Waals surface area contributed by atoms with Crippen molar-refractivity contribution < 1.29 is 5.11 Å². The van der Waals surface area contributed by atoms with Crippen molar-refractivity contribution in [2.24, 2.45) is 5.73 Å². The Kier molecular flexibility index (Phi) is 4.72. The van der Waals surface area contributed by atoms with E-state index in [1.165, 1.54) is 5.56 Å². The van der Waals surface area contributed by atoms with Crippen LogP contribution in [0.5, 0.6) is 0 Å². The third-order valence-corrected chi connectivity index (χ3v) is 3.58. The summed E-state index contributed by atoms with van der Waals surface area (Å²) in [5.74, 6) is 0. The monoisotopic (exact) mass is 249 g/mol. The smallest absolute Gasteiger partial charge is 0.0595 e. The van der Waals surface area contributed by atoms with Crippen LogP contribution in [0.2, 0.25) is 0 Å². The van der Waals surface area contributed by atoms with Crippen LogP contribution in [0.1, 0.15) is 11.6 Å². The third-order valence-electron chi connectivity index (χ3n) is 3.58. The molecule has 1 heterocycles. The van der Waals surface area contributed by atoms with Gasteiger partial charge in [-0.25, -0.2) is 0 Å². The van der Waals surface area contributed by atoms with E-state index in [0.717, 1.165) is 26.2 Å². The Balaban J connectivity index is 2.11. The van der Waals surface area contributed by atoms with Crippen molar-refractivity contribution >= 4 is 0 Å². The van der Waals surface area contributed by atoms with Gasteiger partial charge in [0.05, 0.1) is 6.61 Å². The van der Waals surface area contributed by atoms with Crippen molar-refractivity contribution in [3.63, 3.8) is 0 Å². The minimum absolute atomic E-state index is 0.0495. The molecule has 4 nitrogen and oxygen atoms in total. The van der Waals surface area contributed by atoms with Crippen LogP contribution in [-0.4, -0.2) is 60.8 Å². The van der Waals surface area contributed by atoms with Crippen molar-refractivity contribution in [3.8, 4) is 0 Å². The van der Waals surface area contributed by atoms with Crippen LogP contribution in [0.4, 0.5) is 0 Å². The third kappa shape index (κ3) is 3.29. The molecule has 0 amide bonds. The lowest BCUT2D eigenvalue weighted by Crippen LogP contribution is -2.51. The molecule has 3 N–H and O–H groups in total. The van der Waals surface area contributed by atoms with Gasteiger partial charge in [0.1, 0.15) is 0 Å². The van der Waals surface area contributed by atoms with Gasteiger partial charge < -0.3 is 15.7 Å². The van der Waals surface area contributed by atoms with E-state index >= 15 is 0 Å². The van der Waals surface area contributed by atoms with E-state index in [4.69, 9.17) is 10.8 Å². The van der Waals surface area contributed by atoms with Crippen molar-refractivity contribution in [2.75, 3.05) is 39.8 Å². The summed E-state index contributed by atoms with van der Waals surface area (Å²) in [7, 11) is 2.15. The topological polar surface area (TPSA) is 52.7 Å². The van der Waals surface area contributed by atoms with Crippen molar-refractivity contribution in [1.82, 2.24) is 9.80 Å². The maximum absolute atomic E-state index is 9.11. The largest absolute Gasteiger partial charge is 0.395 e. The fourth-order valence-corrected chi connectivity index (χ4v) is 2.53. The Morgan fingerprint density at radius 2 is 2.06 bits per heavy atom. The molecule has 1 aliphatic rings. The Labute approximate surface area is 109 Å². The number of rotatable bonds is 4. The maximum atomic E-state index is 9.11. The number of nitrogens with two attached hydrogens (primary N) is 1. The summed E-state index contributed by atoms with van der Waals surface area (Å²) in [6.07, 6.45) is 0. The van der Waals surface area contributed by atoms with Gasteiger partial charge in [0, 0.05) is 38.3 Å². The molecule has 2 atom stereocenters. The van der Waals surface area contributed by atoms with E-state index < -0.39 is 0 Å². The summed E-state index contributed by atoms with van der Waals surface area (Å²) < 4.78 is 0. The Morgan fingerprint density at radius 1 is 1.33 bits per heavy atom. The number of hydrogen-bond donors (Lipinski definition) is 2. The van der Waals surface area contributed by atoms with Crippen LogP contribution < -0.4 is 5.73 Å². The minimum atomic E-state index is -0.153. The fourth-order valence-electron chi connectivity index (χ4n) is 2.53. The second-order valence-corrected chi connectivity index (χ2v) is 5.13. The molecule has 1 aromatic carbocycles. The normalized spacial score (nSPS) is 24.1. The molecule has 18 heavy (non-hydrogen) atoms. The quantitative estimate of drug-likeness (QED) is 0.805. The molecule has 0 aromatic heterocycles. The molecule has 1 fully saturated rings. The Hall–Kier alpha value is -0.940. The second-order valence-electron chi connectivity index (χ2n) is 5.13. The lowest BCUT2D eigenvalue weighted by molar-refractivity contribution is 0.0768. The van der Waals surface area contributed by atoms with Crippen LogP contribution in [0.25, 0.3) is 0 Å². The number of nitrogens with zero attached hydrogens (tertiary/aromatic N) is 2. The average molecular weight is 249 g/mol. The molecular formula is C14H23N3O. The molecule has 0 aliphatic carbocycles. The van der Waals surface area contributed by atoms with Gasteiger partial charge in [0.15, 0.2) is 0 Å². The van der Waals surface area contributed by atoms with Gasteiger partial charge in [-0.05, 0) is 12.6 Å². The van der Waals surface area contributed by atoms with E-state index in [1.54, 1.807) is 0 Å². The number of aliphatic hydroxyl groups is 1. The zero-order valence-electron chi connectivity index (χ0n) is 11.0. The number of benzene rings is 1. The summed E-state index contributed by atoms with van der Waals surface area (Å²) in [4.78, 5) is 4.73. The van der Waals surface area contributed by atoms with Crippen molar-refractivity contribution in [1.29, 1.82) is 0 Å². The molecule has 2 unspecified atom stereocenters. The molecule has 1 saturated heterocycles. The SMILES string of the molecule is CN1CCN(CC(N)CO)C(c2ccccc2)C1. The number of hydrogen-bond acceptors (Lipinski definition) is 4. The molecule has 100 valence electrons. The lowest BCUT2D eigenvalue weighted by Gasteiger charge is -2.41. The number of likely N-dealkylation sites (N-methyl/N-ethyl adjacent to an activating group) is 1. The van der Waals surface area contributed by atoms with Crippen LogP contribution in [0, 0.1) is 0 Å². The van der Waals surface area contributed by atoms with Crippen LogP contribution in [-0.2, 0) is 0 Å². The van der Waals surface area contributed by atoms with Gasteiger partial charge >= 0.3 is 0 Å². The molecule has 1 aromatic rings. The first kappa shape index (κ1) is 13.5. The van der Waals surface area contributed by atoms with E-state index in [-0.39, 0.29) is 12.6 Å². The first-order valence-corrected chi connectivity index (χ1v) is 6.54. The highest BCUT2D eigenvalue weighted by molar-refractivity contribution is 5.20. The van der Waals surface area contributed by atoms with Gasteiger partial charge in [-0.3, -0.25) is 4.90 Å². The van der Waals surface area contributed by atoms with E-state index in [9.17, 15) is 0 Å². The van der Waals surface area contributed by atoms with Crippen molar-refractivity contribution in [3.05, 3.63) is 35.9 Å². The summed E-state index contributed by atoms with van der Waals surface area (Å²) in [6.45, 7) is 3.88. The highest BCUT2D eigenvalue weighted by atomic mass is 16.3. The fraction of sp³-hybridized carbons (Fsp3) is 0.571. The first-order valence-electron chi connectivity index (χ1n) is 6.54. The summed E-state index contributed by atoms with van der Waals surface area (Å²) in [6, 6.07) is 10.8. The highest BCUT2D eigenvalue weighted by Gasteiger charge is 2.27. The van der Waals surface area contributed by atoms with Gasteiger partial charge in [-0.1, -0.05) is 30.3 Å². The molecule has 0 spiro atoms. The van der Waals surface area contributed by atoms with E-state index in [1.807, 2.05) is 6.07 Å². The van der Waals surface area contributed by atoms with Gasteiger partial charge in [-0.15, -0.1) is 0 Å². The standard InChI is InChI=1S/C14H23N3O/c1-16-7-8-17(9-13(15)11-18)14(10-16)12-5-3-2-4-6-12/h2-6,13-14,18H,7-11,15H2,1H3. The van der Waals surface area contributed by atoms with Crippen molar-refractivity contribution in [2.45, 2.75) is 12.1 Å². The van der Waals surface area contributed by atoms with Crippen LogP contribution in [0.3, 0.4) is 0 Å². The van der Waals surface area contributed by atoms with E-state index in [2.05, 4.69) is 41.1 Å².